The molecule has 0 saturated carbocycles. The van der Waals surface area contributed by atoms with Gasteiger partial charge in [-0.3, -0.25) is 4.79 Å². The third kappa shape index (κ3) is 6.08. The maximum Gasteiger partial charge on any atom is 0.240 e. The Morgan fingerprint density at radius 2 is 2.00 bits per heavy atom. The van der Waals surface area contributed by atoms with E-state index in [1.165, 1.54) is 5.56 Å². The van der Waals surface area contributed by atoms with E-state index in [0.717, 1.165) is 32.4 Å². The van der Waals surface area contributed by atoms with Gasteiger partial charge in [-0.25, -0.2) is 0 Å². The predicted molar refractivity (Wildman–Crippen MR) is 100 cm³/mol. The van der Waals surface area contributed by atoms with Gasteiger partial charge in [0.15, 0.2) is 0 Å². The number of nitrogens with two attached hydrogens (primary N) is 1. The van der Waals surface area contributed by atoms with Crippen LogP contribution in [0.4, 0.5) is 0 Å². The highest BCUT2D eigenvalue weighted by Crippen LogP contribution is 2.22. The monoisotopic (exact) mass is 354 g/mol. The molecule has 2 rings (SSSR count). The van der Waals surface area contributed by atoms with Crippen LogP contribution in [0.1, 0.15) is 39.2 Å². The molecule has 1 heterocycles. The second-order valence-electron chi connectivity index (χ2n) is 7.50. The van der Waals surface area contributed by atoms with Gasteiger partial charge in [-0.2, -0.15) is 0 Å². The molecule has 1 aromatic rings. The van der Waals surface area contributed by atoms with Crippen LogP contribution in [0.2, 0.25) is 0 Å². The van der Waals surface area contributed by atoms with E-state index >= 15 is 0 Å². The highest BCUT2D eigenvalue weighted by atomic mass is 35.5. The molecule has 2 N–H and O–H groups in total. The van der Waals surface area contributed by atoms with Crippen molar-refractivity contribution in [1.29, 1.82) is 0 Å². The first kappa shape index (κ1) is 20.9. The van der Waals surface area contributed by atoms with Crippen molar-refractivity contribution in [2.45, 2.75) is 52.2 Å². The molecule has 5 heteroatoms. The Morgan fingerprint density at radius 1 is 1.33 bits per heavy atom. The summed E-state index contributed by atoms with van der Waals surface area (Å²) in [7, 11) is 0. The summed E-state index contributed by atoms with van der Waals surface area (Å²) in [5, 5.41) is 0. The van der Waals surface area contributed by atoms with Gasteiger partial charge in [0, 0.05) is 19.7 Å². The van der Waals surface area contributed by atoms with Gasteiger partial charge in [0.2, 0.25) is 5.91 Å². The first-order valence-electron chi connectivity index (χ1n) is 8.58. The van der Waals surface area contributed by atoms with Gasteiger partial charge in [0.05, 0.1) is 12.1 Å². The number of aryl methyl sites for hydroxylation is 1. The molecule has 1 fully saturated rings. The first-order chi connectivity index (χ1) is 10.9. The Labute approximate surface area is 152 Å². The first-order valence-corrected chi connectivity index (χ1v) is 8.58. The lowest BCUT2D eigenvalue weighted by atomic mass is 9.86. The van der Waals surface area contributed by atoms with Crippen LogP contribution >= 0.6 is 12.4 Å². The van der Waals surface area contributed by atoms with E-state index in [4.69, 9.17) is 10.5 Å². The van der Waals surface area contributed by atoms with Crippen LogP contribution in [0.15, 0.2) is 30.3 Å². The van der Waals surface area contributed by atoms with Gasteiger partial charge >= 0.3 is 0 Å². The van der Waals surface area contributed by atoms with E-state index in [1.54, 1.807) is 0 Å². The summed E-state index contributed by atoms with van der Waals surface area (Å²) in [4.78, 5) is 14.3. The number of carbonyl (C=O) groups is 1. The third-order valence-electron chi connectivity index (χ3n) is 4.46. The van der Waals surface area contributed by atoms with Crippen molar-refractivity contribution in [1.82, 2.24) is 4.90 Å². The van der Waals surface area contributed by atoms with Crippen LogP contribution in [-0.2, 0) is 16.0 Å². The summed E-state index contributed by atoms with van der Waals surface area (Å²) < 4.78 is 5.94. The molecule has 1 unspecified atom stereocenters. The number of amides is 1. The number of hydrogen-bond donors (Lipinski definition) is 1. The zero-order valence-electron chi connectivity index (χ0n) is 15.0. The third-order valence-corrected chi connectivity index (χ3v) is 4.46. The molecule has 1 saturated heterocycles. The number of rotatable bonds is 6. The van der Waals surface area contributed by atoms with Gasteiger partial charge in [-0.05, 0) is 30.2 Å². The zero-order chi connectivity index (χ0) is 16.9. The van der Waals surface area contributed by atoms with E-state index in [0.29, 0.717) is 6.54 Å². The number of ether oxygens (including phenoxy) is 1. The van der Waals surface area contributed by atoms with E-state index in [-0.39, 0.29) is 29.8 Å². The minimum Gasteiger partial charge on any atom is -0.376 e. The van der Waals surface area contributed by atoms with Crippen LogP contribution in [0, 0.1) is 5.41 Å². The van der Waals surface area contributed by atoms with Crippen molar-refractivity contribution in [3.8, 4) is 0 Å². The average Bonchev–Trinajstić information content (AvgIpc) is 2.99. The lowest BCUT2D eigenvalue weighted by Crippen LogP contribution is -2.49. The maximum atomic E-state index is 12.4. The summed E-state index contributed by atoms with van der Waals surface area (Å²) in [5.41, 5.74) is 7.21. The predicted octanol–water partition coefficient (Wildman–Crippen LogP) is 3.03. The van der Waals surface area contributed by atoms with E-state index in [2.05, 4.69) is 24.3 Å². The van der Waals surface area contributed by atoms with Crippen LogP contribution in [0.5, 0.6) is 0 Å². The van der Waals surface area contributed by atoms with Crippen molar-refractivity contribution >= 4 is 18.3 Å². The second-order valence-corrected chi connectivity index (χ2v) is 7.50. The Balaban J connectivity index is 0.00000288. The molecule has 24 heavy (non-hydrogen) atoms. The van der Waals surface area contributed by atoms with Crippen LogP contribution in [0.3, 0.4) is 0 Å². The fourth-order valence-corrected chi connectivity index (χ4v) is 2.80. The minimum absolute atomic E-state index is 0. The summed E-state index contributed by atoms with van der Waals surface area (Å²) in [6.07, 6.45) is 3.11. The van der Waals surface area contributed by atoms with E-state index in [1.807, 2.05) is 31.7 Å². The van der Waals surface area contributed by atoms with Gasteiger partial charge < -0.3 is 15.4 Å². The lowest BCUT2D eigenvalue weighted by Gasteiger charge is -2.29. The number of benzene rings is 1. The molecule has 2 atom stereocenters. The highest BCUT2D eigenvalue weighted by molar-refractivity contribution is 5.85. The van der Waals surface area contributed by atoms with Crippen LogP contribution in [0.25, 0.3) is 0 Å². The van der Waals surface area contributed by atoms with Crippen LogP contribution < -0.4 is 5.73 Å². The molecule has 0 bridgehead atoms. The topological polar surface area (TPSA) is 55.6 Å². The number of nitrogens with zero attached hydrogens (tertiary/aromatic N) is 1. The summed E-state index contributed by atoms with van der Waals surface area (Å²) in [5.74, 6) is 0.0490. The molecule has 0 aliphatic carbocycles. The fourth-order valence-electron chi connectivity index (χ4n) is 2.80. The lowest BCUT2D eigenvalue weighted by molar-refractivity contribution is -0.134. The Kier molecular flexibility index (Phi) is 8.20. The number of hydrogen-bond acceptors (Lipinski definition) is 3. The van der Waals surface area contributed by atoms with E-state index < -0.39 is 6.04 Å². The average molecular weight is 355 g/mol. The van der Waals surface area contributed by atoms with Gasteiger partial charge in [-0.15, -0.1) is 12.4 Å². The quantitative estimate of drug-likeness (QED) is 0.799. The van der Waals surface area contributed by atoms with Crippen molar-refractivity contribution < 1.29 is 9.53 Å². The zero-order valence-corrected chi connectivity index (χ0v) is 15.8. The molecule has 136 valence electrons. The Morgan fingerprint density at radius 3 is 2.62 bits per heavy atom. The number of likely N-dealkylation sites (tertiary alicyclic amines) is 1. The molecule has 1 aliphatic heterocycles. The minimum atomic E-state index is -0.445. The second kappa shape index (κ2) is 9.40. The van der Waals surface area contributed by atoms with Crippen molar-refractivity contribution in [2.24, 2.45) is 11.1 Å². The van der Waals surface area contributed by atoms with Gasteiger partial charge in [0.25, 0.3) is 0 Å². The Hall–Kier alpha value is -1.10. The Bertz CT molecular complexity index is 502. The molecule has 1 aromatic carbocycles. The van der Waals surface area contributed by atoms with Gasteiger partial charge in [-0.1, -0.05) is 51.1 Å². The molecule has 0 spiro atoms. The smallest absolute Gasteiger partial charge is 0.240 e. The maximum absolute atomic E-state index is 12.4. The van der Waals surface area contributed by atoms with Crippen molar-refractivity contribution in [2.75, 3.05) is 19.7 Å². The molecule has 1 amide bonds. The molecule has 0 radical (unpaired) electrons. The number of carbonyl (C=O) groups excluding carboxylic acids is 1. The highest BCUT2D eigenvalue weighted by Gasteiger charge is 2.34. The summed E-state index contributed by atoms with van der Waals surface area (Å²) in [6.45, 7) is 8.18. The van der Waals surface area contributed by atoms with Gasteiger partial charge in [0.1, 0.15) is 0 Å². The standard InChI is InChI=1S/C19H30N2O2.ClH/c1-19(2,3)17(20)18(22)21-12-11-16(14-21)23-13-7-10-15-8-5-4-6-9-15;/h4-6,8-9,16-17H,7,10-14,20H2,1-3H3;1H/t16?,17-;/m1./s1. The largest absolute Gasteiger partial charge is 0.376 e. The number of halogens is 1. The van der Waals surface area contributed by atoms with Crippen molar-refractivity contribution in [3.63, 3.8) is 0 Å². The van der Waals surface area contributed by atoms with E-state index in [9.17, 15) is 4.79 Å². The van der Waals surface area contributed by atoms with Crippen LogP contribution in [-0.4, -0.2) is 42.6 Å². The van der Waals surface area contributed by atoms with Crippen molar-refractivity contribution in [3.05, 3.63) is 35.9 Å². The fraction of sp³-hybridized carbons (Fsp3) is 0.632. The SMILES string of the molecule is CC(C)(C)[C@H](N)C(=O)N1CCC(OCCCc2ccccc2)C1.Cl. The molecule has 0 aromatic heterocycles. The summed E-state index contributed by atoms with van der Waals surface area (Å²) in [6, 6.07) is 10.0. The molecule has 4 nitrogen and oxygen atoms in total. The molecule has 1 aliphatic rings. The normalized spacial score (nSPS) is 19.0. The summed E-state index contributed by atoms with van der Waals surface area (Å²) >= 11 is 0. The molecular formula is C19H31ClN2O2. The molecular weight excluding hydrogens is 324 g/mol.